The van der Waals surface area contributed by atoms with E-state index in [9.17, 15) is 4.79 Å². The van der Waals surface area contributed by atoms with Crippen molar-refractivity contribution in [3.63, 3.8) is 0 Å². The first-order chi connectivity index (χ1) is 8.21. The molecule has 1 heterocycles. The molecule has 1 aromatic rings. The maximum atomic E-state index is 12.1. The zero-order valence-electron chi connectivity index (χ0n) is 10.9. The normalized spacial score (nSPS) is 14.1. The third-order valence-corrected chi connectivity index (χ3v) is 3.48. The third kappa shape index (κ3) is 2.02. The van der Waals surface area contributed by atoms with Gasteiger partial charge < -0.3 is 9.80 Å². The number of fused-ring (bicyclic) bond motifs is 1. The van der Waals surface area contributed by atoms with Crippen molar-refractivity contribution in [1.29, 1.82) is 0 Å². The van der Waals surface area contributed by atoms with Crippen molar-refractivity contribution >= 4 is 11.6 Å². The highest BCUT2D eigenvalue weighted by Crippen LogP contribution is 2.27. The van der Waals surface area contributed by atoms with Gasteiger partial charge in [0.05, 0.1) is 0 Å². The van der Waals surface area contributed by atoms with Gasteiger partial charge in [0.15, 0.2) is 0 Å². The molecule has 0 unspecified atom stereocenters. The van der Waals surface area contributed by atoms with E-state index >= 15 is 0 Å². The Kier molecular flexibility index (Phi) is 3.36. The fourth-order valence-electron chi connectivity index (χ4n) is 2.39. The summed E-state index contributed by atoms with van der Waals surface area (Å²) in [7, 11) is 0. The lowest BCUT2D eigenvalue weighted by Crippen LogP contribution is -2.23. The van der Waals surface area contributed by atoms with Gasteiger partial charge in [-0.25, -0.2) is 0 Å². The number of hydrogen-bond acceptors (Lipinski definition) is 2. The number of amides is 1. The Labute approximate surface area is 103 Å². The second-order valence-electron chi connectivity index (χ2n) is 4.33. The first-order valence-corrected chi connectivity index (χ1v) is 6.38. The molecule has 0 spiro atoms. The molecule has 3 heteroatoms. The number of nitrogens with zero attached hydrogens (tertiary/aromatic N) is 2. The van der Waals surface area contributed by atoms with Crippen LogP contribution in [-0.2, 0) is 6.54 Å². The van der Waals surface area contributed by atoms with E-state index in [-0.39, 0.29) is 5.91 Å². The smallest absolute Gasteiger partial charge is 0.254 e. The van der Waals surface area contributed by atoms with Gasteiger partial charge >= 0.3 is 0 Å². The number of anilines is 1. The van der Waals surface area contributed by atoms with Crippen LogP contribution in [0.1, 0.15) is 36.7 Å². The quantitative estimate of drug-likeness (QED) is 0.796. The molecule has 0 saturated heterocycles. The van der Waals surface area contributed by atoms with Crippen LogP contribution in [0, 0.1) is 0 Å². The second-order valence-corrected chi connectivity index (χ2v) is 4.33. The molecule has 3 nitrogen and oxygen atoms in total. The summed E-state index contributed by atoms with van der Waals surface area (Å²) in [6.07, 6.45) is 0. The van der Waals surface area contributed by atoms with Gasteiger partial charge in [0, 0.05) is 37.4 Å². The molecule has 1 aliphatic heterocycles. The van der Waals surface area contributed by atoms with Gasteiger partial charge in [0.1, 0.15) is 0 Å². The lowest BCUT2D eigenvalue weighted by molar-refractivity contribution is 0.0787. The van der Waals surface area contributed by atoms with E-state index in [1.807, 2.05) is 17.9 Å². The molecule has 1 aliphatic rings. The summed E-state index contributed by atoms with van der Waals surface area (Å²) in [5, 5.41) is 0. The Balaban J connectivity index is 2.33. The monoisotopic (exact) mass is 232 g/mol. The van der Waals surface area contributed by atoms with Crippen LogP contribution in [-0.4, -0.2) is 30.4 Å². The topological polar surface area (TPSA) is 23.6 Å². The van der Waals surface area contributed by atoms with E-state index in [1.54, 1.807) is 0 Å². The SMILES string of the molecule is CCN1Cc2ccc(N(CC)CC)cc2C1=O. The predicted octanol–water partition coefficient (Wildman–Crippen LogP) is 2.51. The summed E-state index contributed by atoms with van der Waals surface area (Å²) >= 11 is 0. The first kappa shape index (κ1) is 12.0. The molecule has 0 atom stereocenters. The molecule has 0 saturated carbocycles. The highest BCUT2D eigenvalue weighted by Gasteiger charge is 2.26. The summed E-state index contributed by atoms with van der Waals surface area (Å²) in [6, 6.07) is 6.26. The maximum absolute atomic E-state index is 12.1. The van der Waals surface area contributed by atoms with Gasteiger partial charge in [0.25, 0.3) is 5.91 Å². The summed E-state index contributed by atoms with van der Waals surface area (Å²) in [6.45, 7) is 9.79. The fraction of sp³-hybridized carbons (Fsp3) is 0.500. The van der Waals surface area contributed by atoms with E-state index in [2.05, 4.69) is 30.9 Å². The minimum absolute atomic E-state index is 0.177. The third-order valence-electron chi connectivity index (χ3n) is 3.48. The molecule has 17 heavy (non-hydrogen) atoms. The Morgan fingerprint density at radius 3 is 2.53 bits per heavy atom. The van der Waals surface area contributed by atoms with Crippen molar-refractivity contribution < 1.29 is 4.79 Å². The van der Waals surface area contributed by atoms with Crippen molar-refractivity contribution in [2.45, 2.75) is 27.3 Å². The molecular weight excluding hydrogens is 212 g/mol. The molecule has 0 bridgehead atoms. The average molecular weight is 232 g/mol. The summed E-state index contributed by atoms with van der Waals surface area (Å²) in [5.74, 6) is 0.177. The second kappa shape index (κ2) is 4.78. The number of benzene rings is 1. The molecule has 0 aliphatic carbocycles. The Hall–Kier alpha value is -1.51. The standard InChI is InChI=1S/C14H20N2O/c1-4-15(5-2)12-8-7-11-10-16(6-3)14(17)13(11)9-12/h7-9H,4-6,10H2,1-3H3. The number of hydrogen-bond donors (Lipinski definition) is 0. The van der Waals surface area contributed by atoms with Crippen molar-refractivity contribution in [3.05, 3.63) is 29.3 Å². The van der Waals surface area contributed by atoms with Crippen LogP contribution in [0.5, 0.6) is 0 Å². The molecule has 2 rings (SSSR count). The number of rotatable bonds is 4. The largest absolute Gasteiger partial charge is 0.372 e. The van der Waals surface area contributed by atoms with E-state index in [4.69, 9.17) is 0 Å². The van der Waals surface area contributed by atoms with Crippen molar-refractivity contribution in [3.8, 4) is 0 Å². The molecule has 1 amide bonds. The highest BCUT2D eigenvalue weighted by atomic mass is 16.2. The first-order valence-electron chi connectivity index (χ1n) is 6.38. The predicted molar refractivity (Wildman–Crippen MR) is 70.4 cm³/mol. The van der Waals surface area contributed by atoms with E-state index in [1.165, 1.54) is 0 Å². The molecule has 92 valence electrons. The van der Waals surface area contributed by atoms with Gasteiger partial charge in [-0.1, -0.05) is 6.07 Å². The molecule has 0 fully saturated rings. The Morgan fingerprint density at radius 2 is 1.94 bits per heavy atom. The number of carbonyl (C=O) groups excluding carboxylic acids is 1. The van der Waals surface area contributed by atoms with Gasteiger partial charge in [-0.05, 0) is 38.5 Å². The maximum Gasteiger partial charge on any atom is 0.254 e. The molecule has 0 aromatic heterocycles. The van der Waals surface area contributed by atoms with Crippen LogP contribution in [0.2, 0.25) is 0 Å². The van der Waals surface area contributed by atoms with Crippen molar-refractivity contribution in [2.24, 2.45) is 0 Å². The number of carbonyl (C=O) groups is 1. The van der Waals surface area contributed by atoms with Crippen molar-refractivity contribution in [1.82, 2.24) is 4.90 Å². The summed E-state index contributed by atoms with van der Waals surface area (Å²) in [4.78, 5) is 16.2. The Bertz CT molecular complexity index is 424. The van der Waals surface area contributed by atoms with Gasteiger partial charge in [-0.2, -0.15) is 0 Å². The van der Waals surface area contributed by atoms with Crippen LogP contribution in [0.25, 0.3) is 0 Å². The van der Waals surface area contributed by atoms with E-state index < -0.39 is 0 Å². The molecular formula is C14H20N2O. The van der Waals surface area contributed by atoms with Gasteiger partial charge in [-0.15, -0.1) is 0 Å². The van der Waals surface area contributed by atoms with Crippen LogP contribution >= 0.6 is 0 Å². The molecule has 0 N–H and O–H groups in total. The summed E-state index contributed by atoms with van der Waals surface area (Å²) in [5.41, 5.74) is 3.20. The fourth-order valence-corrected chi connectivity index (χ4v) is 2.39. The van der Waals surface area contributed by atoms with E-state index in [0.717, 1.165) is 43.0 Å². The van der Waals surface area contributed by atoms with Crippen LogP contribution in [0.4, 0.5) is 5.69 Å². The molecule has 1 aromatic carbocycles. The van der Waals surface area contributed by atoms with E-state index in [0.29, 0.717) is 0 Å². The zero-order valence-corrected chi connectivity index (χ0v) is 10.9. The lowest BCUT2D eigenvalue weighted by Gasteiger charge is -2.21. The minimum Gasteiger partial charge on any atom is -0.372 e. The minimum atomic E-state index is 0.177. The van der Waals surface area contributed by atoms with Crippen LogP contribution in [0.3, 0.4) is 0 Å². The zero-order chi connectivity index (χ0) is 12.4. The van der Waals surface area contributed by atoms with Gasteiger partial charge in [-0.3, -0.25) is 4.79 Å². The Morgan fingerprint density at radius 1 is 1.24 bits per heavy atom. The van der Waals surface area contributed by atoms with Gasteiger partial charge in [0.2, 0.25) is 0 Å². The highest BCUT2D eigenvalue weighted by molar-refractivity contribution is 5.99. The van der Waals surface area contributed by atoms with Crippen LogP contribution in [0.15, 0.2) is 18.2 Å². The van der Waals surface area contributed by atoms with Crippen molar-refractivity contribution in [2.75, 3.05) is 24.5 Å². The summed E-state index contributed by atoms with van der Waals surface area (Å²) < 4.78 is 0. The lowest BCUT2D eigenvalue weighted by atomic mass is 10.1. The van der Waals surface area contributed by atoms with Crippen LogP contribution < -0.4 is 4.90 Å². The average Bonchev–Trinajstić information content (AvgIpc) is 2.68. The molecule has 0 radical (unpaired) electrons.